The molecule has 0 unspecified atom stereocenters. The Bertz CT molecular complexity index is 858. The molecule has 3 heterocycles. The molecule has 122 valence electrons. The number of anilines is 1. The number of aliphatic hydroxyl groups excluding tert-OH is 1. The molecule has 1 aliphatic carbocycles. The van der Waals surface area contributed by atoms with Crippen molar-refractivity contribution in [2.75, 3.05) is 18.0 Å². The Morgan fingerprint density at radius 1 is 1.21 bits per heavy atom. The number of hydrogen-bond donors (Lipinski definition) is 2. The summed E-state index contributed by atoms with van der Waals surface area (Å²) in [6.07, 6.45) is 2.82. The largest absolute Gasteiger partial charge is 0.389 e. The van der Waals surface area contributed by atoms with E-state index < -0.39 is 0 Å². The van der Waals surface area contributed by atoms with Crippen LogP contribution < -0.4 is 10.2 Å². The van der Waals surface area contributed by atoms with Gasteiger partial charge < -0.3 is 15.3 Å². The number of rotatable bonds is 2. The molecule has 0 bridgehead atoms. The number of aryl methyl sites for hydroxylation is 1. The van der Waals surface area contributed by atoms with Crippen LogP contribution in [0.2, 0.25) is 0 Å². The van der Waals surface area contributed by atoms with Gasteiger partial charge in [-0.15, -0.1) is 0 Å². The zero-order chi connectivity index (χ0) is 16.3. The van der Waals surface area contributed by atoms with Crippen molar-refractivity contribution in [1.82, 2.24) is 15.3 Å². The fourth-order valence-electron chi connectivity index (χ4n) is 3.80. The minimum absolute atomic E-state index is 0.000257. The van der Waals surface area contributed by atoms with E-state index in [1.165, 1.54) is 5.56 Å². The van der Waals surface area contributed by atoms with Crippen molar-refractivity contribution in [3.8, 4) is 11.3 Å². The maximum Gasteiger partial charge on any atom is 0.251 e. The Morgan fingerprint density at radius 3 is 2.92 bits per heavy atom. The Morgan fingerprint density at radius 2 is 2.08 bits per heavy atom. The fraction of sp³-hybridized carbons (Fsp3) is 0.389. The summed E-state index contributed by atoms with van der Waals surface area (Å²) < 4.78 is 0. The summed E-state index contributed by atoms with van der Waals surface area (Å²) in [5.74, 6) is 0.713. The van der Waals surface area contributed by atoms with Gasteiger partial charge in [-0.05, 0) is 37.0 Å². The second-order valence-electron chi connectivity index (χ2n) is 6.76. The highest BCUT2D eigenvalue weighted by Crippen LogP contribution is 2.34. The Labute approximate surface area is 139 Å². The van der Waals surface area contributed by atoms with Gasteiger partial charge in [0.05, 0.1) is 11.8 Å². The van der Waals surface area contributed by atoms with E-state index in [2.05, 4.69) is 11.4 Å². The standard InChI is InChI=1S/C18H18N4O2/c23-12-8-22(9-12)18-20-15-3-1-2-14(15)16(21-18)10-4-5-13-11(6-10)7-19-17(13)24/h4-6,12,23H,1-3,7-9H2,(H,19,24). The number of benzene rings is 1. The molecule has 1 fully saturated rings. The molecule has 0 radical (unpaired) electrons. The zero-order valence-corrected chi connectivity index (χ0v) is 13.2. The van der Waals surface area contributed by atoms with Gasteiger partial charge in [0.2, 0.25) is 5.95 Å². The van der Waals surface area contributed by atoms with E-state index >= 15 is 0 Å². The first-order valence-electron chi connectivity index (χ1n) is 8.43. The second-order valence-corrected chi connectivity index (χ2v) is 6.76. The molecule has 6 heteroatoms. The van der Waals surface area contributed by atoms with Crippen LogP contribution in [0.5, 0.6) is 0 Å². The molecule has 0 spiro atoms. The van der Waals surface area contributed by atoms with E-state index in [1.807, 2.05) is 17.0 Å². The molecule has 24 heavy (non-hydrogen) atoms. The van der Waals surface area contributed by atoms with Crippen molar-refractivity contribution in [2.24, 2.45) is 0 Å². The van der Waals surface area contributed by atoms with Crippen molar-refractivity contribution < 1.29 is 9.90 Å². The van der Waals surface area contributed by atoms with Gasteiger partial charge in [0, 0.05) is 42.0 Å². The first kappa shape index (κ1) is 13.9. The van der Waals surface area contributed by atoms with Gasteiger partial charge in [0.25, 0.3) is 5.91 Å². The van der Waals surface area contributed by atoms with Gasteiger partial charge >= 0.3 is 0 Å². The van der Waals surface area contributed by atoms with Crippen molar-refractivity contribution in [1.29, 1.82) is 0 Å². The molecule has 2 N–H and O–H groups in total. The van der Waals surface area contributed by atoms with E-state index in [9.17, 15) is 9.90 Å². The highest BCUT2D eigenvalue weighted by molar-refractivity contribution is 5.98. The number of aliphatic hydroxyl groups is 1. The highest BCUT2D eigenvalue weighted by Gasteiger charge is 2.30. The SMILES string of the molecule is O=C1NCc2cc(-c3nc(N4CC(O)C4)nc4c3CCC4)ccc21. The van der Waals surface area contributed by atoms with Crippen LogP contribution in [0.25, 0.3) is 11.3 Å². The van der Waals surface area contributed by atoms with E-state index in [4.69, 9.17) is 9.97 Å². The van der Waals surface area contributed by atoms with Crippen molar-refractivity contribution in [3.05, 3.63) is 40.6 Å². The molecular weight excluding hydrogens is 304 g/mol. The summed E-state index contributed by atoms with van der Waals surface area (Å²) in [6, 6.07) is 5.95. The van der Waals surface area contributed by atoms with Crippen LogP contribution in [0.3, 0.4) is 0 Å². The second kappa shape index (κ2) is 5.01. The number of amides is 1. The van der Waals surface area contributed by atoms with Gasteiger partial charge in [0.15, 0.2) is 0 Å². The molecule has 0 atom stereocenters. The summed E-state index contributed by atoms with van der Waals surface area (Å²) >= 11 is 0. The molecule has 1 aromatic carbocycles. The van der Waals surface area contributed by atoms with Crippen molar-refractivity contribution >= 4 is 11.9 Å². The molecule has 3 aliphatic rings. The fourth-order valence-corrected chi connectivity index (χ4v) is 3.80. The van der Waals surface area contributed by atoms with Crippen LogP contribution in [-0.4, -0.2) is 40.2 Å². The zero-order valence-electron chi connectivity index (χ0n) is 13.2. The van der Waals surface area contributed by atoms with Crippen LogP contribution in [0.15, 0.2) is 18.2 Å². The van der Waals surface area contributed by atoms with Crippen molar-refractivity contribution in [3.63, 3.8) is 0 Å². The Kier molecular flexibility index (Phi) is 2.91. The van der Waals surface area contributed by atoms with Gasteiger partial charge in [-0.1, -0.05) is 6.07 Å². The first-order chi connectivity index (χ1) is 11.7. The number of nitrogens with zero attached hydrogens (tertiary/aromatic N) is 3. The van der Waals surface area contributed by atoms with Crippen LogP contribution in [-0.2, 0) is 19.4 Å². The summed E-state index contributed by atoms with van der Waals surface area (Å²) in [5, 5.41) is 12.4. The maximum atomic E-state index is 11.8. The average molecular weight is 322 g/mol. The third-order valence-corrected chi connectivity index (χ3v) is 5.13. The van der Waals surface area contributed by atoms with Crippen LogP contribution in [0, 0.1) is 0 Å². The summed E-state index contributed by atoms with van der Waals surface area (Å²) in [7, 11) is 0. The molecule has 1 saturated heterocycles. The number of hydrogen-bond acceptors (Lipinski definition) is 5. The normalized spacial score (nSPS) is 19.0. The predicted molar refractivity (Wildman–Crippen MR) is 88.9 cm³/mol. The van der Waals surface area contributed by atoms with E-state index in [-0.39, 0.29) is 12.0 Å². The maximum absolute atomic E-state index is 11.8. The predicted octanol–water partition coefficient (Wildman–Crippen LogP) is 1.06. The van der Waals surface area contributed by atoms with Crippen LogP contribution in [0.1, 0.15) is 33.6 Å². The van der Waals surface area contributed by atoms with Crippen LogP contribution >= 0.6 is 0 Å². The number of carbonyl (C=O) groups excluding carboxylic acids is 1. The third kappa shape index (κ3) is 2.03. The monoisotopic (exact) mass is 322 g/mol. The lowest BCUT2D eigenvalue weighted by Crippen LogP contribution is -2.51. The Hall–Kier alpha value is -2.47. The molecule has 1 amide bonds. The minimum Gasteiger partial charge on any atom is -0.389 e. The van der Waals surface area contributed by atoms with Crippen LogP contribution in [0.4, 0.5) is 5.95 Å². The molecule has 0 saturated carbocycles. The van der Waals surface area contributed by atoms with E-state index in [1.54, 1.807) is 0 Å². The molecule has 1 aromatic heterocycles. The molecule has 5 rings (SSSR count). The average Bonchev–Trinajstić information content (AvgIpc) is 3.17. The number of β-amino-alcohol motifs (C(OH)–C–C–N with tert-alkyl or cyclic N) is 1. The lowest BCUT2D eigenvalue weighted by molar-refractivity contribution is 0.0965. The lowest BCUT2D eigenvalue weighted by Gasteiger charge is -2.36. The van der Waals surface area contributed by atoms with Crippen molar-refractivity contribution in [2.45, 2.75) is 31.9 Å². The van der Waals surface area contributed by atoms with Gasteiger partial charge in [-0.25, -0.2) is 9.97 Å². The van der Waals surface area contributed by atoms with E-state index in [0.29, 0.717) is 25.6 Å². The lowest BCUT2D eigenvalue weighted by atomic mass is 10.0. The molecule has 6 nitrogen and oxygen atoms in total. The number of carbonyl (C=O) groups is 1. The topological polar surface area (TPSA) is 78.4 Å². The molecule has 2 aromatic rings. The molecular formula is C18H18N4O2. The highest BCUT2D eigenvalue weighted by atomic mass is 16.3. The Balaban J connectivity index is 1.61. The molecule has 2 aliphatic heterocycles. The first-order valence-corrected chi connectivity index (χ1v) is 8.43. The quantitative estimate of drug-likeness (QED) is 0.864. The summed E-state index contributed by atoms with van der Waals surface area (Å²) in [6.45, 7) is 1.78. The summed E-state index contributed by atoms with van der Waals surface area (Å²) in [4.78, 5) is 23.3. The van der Waals surface area contributed by atoms with Gasteiger partial charge in [0.1, 0.15) is 0 Å². The smallest absolute Gasteiger partial charge is 0.251 e. The van der Waals surface area contributed by atoms with Gasteiger partial charge in [-0.3, -0.25) is 4.79 Å². The van der Waals surface area contributed by atoms with E-state index in [0.717, 1.165) is 47.3 Å². The summed E-state index contributed by atoms with van der Waals surface area (Å²) in [5.41, 5.74) is 6.19. The number of nitrogens with one attached hydrogen (secondary N) is 1. The third-order valence-electron chi connectivity index (χ3n) is 5.13. The number of fused-ring (bicyclic) bond motifs is 2. The number of aromatic nitrogens is 2. The van der Waals surface area contributed by atoms with Gasteiger partial charge in [-0.2, -0.15) is 0 Å². The minimum atomic E-state index is -0.276.